The van der Waals surface area contributed by atoms with E-state index in [0.717, 1.165) is 25.7 Å². The summed E-state index contributed by atoms with van der Waals surface area (Å²) in [6, 6.07) is 7.55. The van der Waals surface area contributed by atoms with Crippen molar-refractivity contribution in [2.75, 3.05) is 0 Å². The molecule has 120 valence electrons. The summed E-state index contributed by atoms with van der Waals surface area (Å²) in [5.41, 5.74) is 0.418. The van der Waals surface area contributed by atoms with Crippen molar-refractivity contribution in [2.45, 2.75) is 31.7 Å². The largest absolute Gasteiger partial charge is 0.451 e. The van der Waals surface area contributed by atoms with Crippen molar-refractivity contribution in [3.05, 3.63) is 51.2 Å². The molecule has 0 atom stereocenters. The summed E-state index contributed by atoms with van der Waals surface area (Å²) in [5, 5.41) is 13.9. The third-order valence-electron chi connectivity index (χ3n) is 3.95. The van der Waals surface area contributed by atoms with Gasteiger partial charge >= 0.3 is 0 Å². The first-order chi connectivity index (χ1) is 11.0. The summed E-state index contributed by atoms with van der Waals surface area (Å²) in [7, 11) is 0. The predicted octanol–water partition coefficient (Wildman–Crippen LogP) is 4.18. The van der Waals surface area contributed by atoms with Gasteiger partial charge in [0.2, 0.25) is 0 Å². The van der Waals surface area contributed by atoms with Gasteiger partial charge in [0.25, 0.3) is 11.6 Å². The summed E-state index contributed by atoms with van der Waals surface area (Å²) in [6.07, 6.45) is 4.25. The van der Waals surface area contributed by atoms with Crippen LogP contribution in [0.3, 0.4) is 0 Å². The normalized spacial score (nSPS) is 14.8. The number of non-ortho nitro benzene ring substituents is 1. The van der Waals surface area contributed by atoms with Crippen molar-refractivity contribution in [2.24, 2.45) is 0 Å². The van der Waals surface area contributed by atoms with Gasteiger partial charge in [-0.2, -0.15) is 0 Å². The fourth-order valence-corrected chi connectivity index (χ4v) is 3.02. The number of nitrogens with zero attached hydrogens (tertiary/aromatic N) is 1. The molecule has 0 spiro atoms. The number of nitro groups is 1. The number of amides is 1. The number of carbonyl (C=O) groups excluding carboxylic acids is 1. The summed E-state index contributed by atoms with van der Waals surface area (Å²) >= 11 is 6.07. The summed E-state index contributed by atoms with van der Waals surface area (Å²) < 4.78 is 5.56. The molecule has 0 bridgehead atoms. The van der Waals surface area contributed by atoms with Gasteiger partial charge in [0.1, 0.15) is 5.76 Å². The average Bonchev–Trinajstić information content (AvgIpc) is 3.18. The molecule has 6 nitrogen and oxygen atoms in total. The Kier molecular flexibility index (Phi) is 4.34. The molecule has 1 aromatic heterocycles. The van der Waals surface area contributed by atoms with Gasteiger partial charge < -0.3 is 9.73 Å². The van der Waals surface area contributed by atoms with Gasteiger partial charge in [0.05, 0.1) is 9.95 Å². The highest BCUT2D eigenvalue weighted by Crippen LogP contribution is 2.32. The van der Waals surface area contributed by atoms with E-state index < -0.39 is 4.92 Å². The Labute approximate surface area is 137 Å². The van der Waals surface area contributed by atoms with Gasteiger partial charge in [0.15, 0.2) is 5.76 Å². The Morgan fingerprint density at radius 2 is 2.00 bits per heavy atom. The number of benzene rings is 1. The van der Waals surface area contributed by atoms with E-state index >= 15 is 0 Å². The van der Waals surface area contributed by atoms with Crippen molar-refractivity contribution in [3.63, 3.8) is 0 Å². The van der Waals surface area contributed by atoms with E-state index in [0.29, 0.717) is 11.3 Å². The number of carbonyl (C=O) groups is 1. The van der Waals surface area contributed by atoms with Crippen LogP contribution in [0.1, 0.15) is 36.2 Å². The minimum atomic E-state index is -0.516. The van der Waals surface area contributed by atoms with E-state index in [1.807, 2.05) is 0 Å². The average molecular weight is 335 g/mol. The molecule has 0 unspecified atom stereocenters. The van der Waals surface area contributed by atoms with Crippen LogP contribution in [-0.4, -0.2) is 16.9 Å². The second kappa shape index (κ2) is 6.42. The Morgan fingerprint density at radius 3 is 2.65 bits per heavy atom. The molecule has 1 heterocycles. The molecule has 1 N–H and O–H groups in total. The molecular formula is C16H15ClN2O4. The summed E-state index contributed by atoms with van der Waals surface area (Å²) in [4.78, 5) is 22.4. The molecular weight excluding hydrogens is 320 g/mol. The lowest BCUT2D eigenvalue weighted by Gasteiger charge is -2.09. The number of hydrogen-bond acceptors (Lipinski definition) is 4. The maximum atomic E-state index is 12.1. The van der Waals surface area contributed by atoms with Crippen LogP contribution < -0.4 is 5.32 Å². The van der Waals surface area contributed by atoms with Crippen LogP contribution in [0, 0.1) is 10.1 Å². The molecule has 1 saturated carbocycles. The first-order valence-electron chi connectivity index (χ1n) is 7.39. The minimum absolute atomic E-state index is 0.0930. The lowest BCUT2D eigenvalue weighted by atomic mass is 10.1. The number of nitrogens with one attached hydrogen (secondary N) is 1. The SMILES string of the molecule is O=C(NC1CCCC1)c1ccc(-c2ccc([N+](=O)[O-])cc2Cl)o1. The van der Waals surface area contributed by atoms with Gasteiger partial charge in [-0.3, -0.25) is 14.9 Å². The van der Waals surface area contributed by atoms with Crippen molar-refractivity contribution in [1.29, 1.82) is 0 Å². The van der Waals surface area contributed by atoms with Gasteiger partial charge in [-0.25, -0.2) is 0 Å². The number of nitro benzene ring substituents is 1. The second-order valence-corrected chi connectivity index (χ2v) is 5.95. The van der Waals surface area contributed by atoms with Crippen LogP contribution in [0.4, 0.5) is 5.69 Å². The van der Waals surface area contributed by atoms with Crippen LogP contribution in [-0.2, 0) is 0 Å². The maximum Gasteiger partial charge on any atom is 0.287 e. The van der Waals surface area contributed by atoms with Crippen LogP contribution in [0.2, 0.25) is 5.02 Å². The van der Waals surface area contributed by atoms with Gasteiger partial charge in [0, 0.05) is 23.7 Å². The van der Waals surface area contributed by atoms with Gasteiger partial charge in [-0.05, 0) is 31.0 Å². The highest BCUT2D eigenvalue weighted by molar-refractivity contribution is 6.33. The molecule has 23 heavy (non-hydrogen) atoms. The Hall–Kier alpha value is -2.34. The zero-order valence-corrected chi connectivity index (χ0v) is 13.0. The van der Waals surface area contributed by atoms with E-state index in [1.165, 1.54) is 18.2 Å². The highest BCUT2D eigenvalue weighted by Gasteiger charge is 2.21. The number of rotatable bonds is 4. The van der Waals surface area contributed by atoms with E-state index in [2.05, 4.69) is 5.32 Å². The second-order valence-electron chi connectivity index (χ2n) is 5.54. The molecule has 3 rings (SSSR count). The number of halogens is 1. The molecule has 1 fully saturated rings. The smallest absolute Gasteiger partial charge is 0.287 e. The molecule has 7 heteroatoms. The number of hydrogen-bond donors (Lipinski definition) is 1. The highest BCUT2D eigenvalue weighted by atomic mass is 35.5. The standard InChI is InChI=1S/C16H15ClN2O4/c17-13-9-11(19(21)22)5-6-12(13)14-7-8-15(23-14)16(20)18-10-3-1-2-4-10/h5-10H,1-4H2,(H,18,20). The monoisotopic (exact) mass is 334 g/mol. The topological polar surface area (TPSA) is 85.4 Å². The Bertz CT molecular complexity index is 750. The Balaban J connectivity index is 1.78. The Morgan fingerprint density at radius 1 is 1.26 bits per heavy atom. The van der Waals surface area contributed by atoms with Crippen LogP contribution >= 0.6 is 11.6 Å². The van der Waals surface area contributed by atoms with Crippen molar-refractivity contribution < 1.29 is 14.1 Å². The zero-order chi connectivity index (χ0) is 16.4. The quantitative estimate of drug-likeness (QED) is 0.671. The maximum absolute atomic E-state index is 12.1. The first kappa shape index (κ1) is 15.6. The molecule has 1 aliphatic carbocycles. The van der Waals surface area contributed by atoms with E-state index in [-0.39, 0.29) is 28.4 Å². The molecule has 1 amide bonds. The van der Waals surface area contributed by atoms with Crippen molar-refractivity contribution in [3.8, 4) is 11.3 Å². The lowest BCUT2D eigenvalue weighted by molar-refractivity contribution is -0.384. The third-order valence-corrected chi connectivity index (χ3v) is 4.26. The van der Waals surface area contributed by atoms with Crippen molar-refractivity contribution >= 4 is 23.2 Å². The molecule has 0 saturated heterocycles. The van der Waals surface area contributed by atoms with Gasteiger partial charge in [-0.1, -0.05) is 24.4 Å². The minimum Gasteiger partial charge on any atom is -0.451 e. The van der Waals surface area contributed by atoms with Gasteiger partial charge in [-0.15, -0.1) is 0 Å². The van der Waals surface area contributed by atoms with E-state index in [9.17, 15) is 14.9 Å². The predicted molar refractivity (Wildman–Crippen MR) is 85.5 cm³/mol. The van der Waals surface area contributed by atoms with E-state index in [4.69, 9.17) is 16.0 Å². The molecule has 1 aromatic carbocycles. The fraction of sp³-hybridized carbons (Fsp3) is 0.312. The molecule has 0 aliphatic heterocycles. The van der Waals surface area contributed by atoms with Crippen LogP contribution in [0.25, 0.3) is 11.3 Å². The number of furan rings is 1. The van der Waals surface area contributed by atoms with Crippen LogP contribution in [0.5, 0.6) is 0 Å². The third kappa shape index (κ3) is 3.37. The summed E-state index contributed by atoms with van der Waals surface area (Å²) in [5.74, 6) is 0.365. The molecule has 2 aromatic rings. The lowest BCUT2D eigenvalue weighted by Crippen LogP contribution is -2.32. The van der Waals surface area contributed by atoms with Crippen LogP contribution in [0.15, 0.2) is 34.7 Å². The zero-order valence-electron chi connectivity index (χ0n) is 12.3. The fourth-order valence-electron chi connectivity index (χ4n) is 2.75. The van der Waals surface area contributed by atoms with Crippen molar-refractivity contribution in [1.82, 2.24) is 5.32 Å². The molecule has 1 aliphatic rings. The molecule has 0 radical (unpaired) electrons. The summed E-state index contributed by atoms with van der Waals surface area (Å²) in [6.45, 7) is 0. The first-order valence-corrected chi connectivity index (χ1v) is 7.77. The van der Waals surface area contributed by atoms with E-state index in [1.54, 1.807) is 12.1 Å².